The molecule has 0 N–H and O–H groups in total. The summed E-state index contributed by atoms with van der Waals surface area (Å²) in [5.74, 6) is -0.0794. The average molecular weight is 386 g/mol. The van der Waals surface area contributed by atoms with Gasteiger partial charge < -0.3 is 9.64 Å². The van der Waals surface area contributed by atoms with Gasteiger partial charge in [-0.05, 0) is 46.3 Å². The highest BCUT2D eigenvalue weighted by molar-refractivity contribution is 9.10. The molecule has 0 unspecified atom stereocenters. The topological polar surface area (TPSA) is 12.5 Å². The van der Waals surface area contributed by atoms with Gasteiger partial charge in [0.15, 0.2) is 0 Å². The first-order valence-corrected chi connectivity index (χ1v) is 7.79. The number of benzene rings is 1. The zero-order chi connectivity index (χ0) is 15.1. The van der Waals surface area contributed by atoms with Crippen LogP contribution in [0, 0.1) is 0 Å². The van der Waals surface area contributed by atoms with Crippen molar-refractivity contribution in [2.45, 2.75) is 4.90 Å². The van der Waals surface area contributed by atoms with Crippen LogP contribution in [0.1, 0.15) is 0 Å². The summed E-state index contributed by atoms with van der Waals surface area (Å²) in [4.78, 5) is -0.588. The van der Waals surface area contributed by atoms with E-state index >= 15 is 0 Å². The molecule has 0 aliphatic rings. The van der Waals surface area contributed by atoms with Crippen LogP contribution in [-0.2, 0) is 0 Å². The Labute approximate surface area is 120 Å². The fourth-order valence-corrected chi connectivity index (χ4v) is 2.36. The van der Waals surface area contributed by atoms with Crippen molar-refractivity contribution in [1.82, 2.24) is 4.90 Å². The Hall–Kier alpha value is -0.610. The summed E-state index contributed by atoms with van der Waals surface area (Å²) in [5.41, 5.74) is 0. The van der Waals surface area contributed by atoms with Gasteiger partial charge in [-0.25, -0.2) is 0 Å². The third kappa shape index (κ3) is 4.46. The Bertz CT molecular complexity index is 531. The van der Waals surface area contributed by atoms with E-state index in [4.69, 9.17) is 17.0 Å². The van der Waals surface area contributed by atoms with E-state index in [0.717, 1.165) is 6.07 Å². The van der Waals surface area contributed by atoms with Gasteiger partial charge in [-0.2, -0.15) is 0 Å². The molecule has 0 saturated heterocycles. The van der Waals surface area contributed by atoms with Crippen LogP contribution < -0.4 is 4.74 Å². The quantitative estimate of drug-likeness (QED) is 0.504. The predicted octanol–water partition coefficient (Wildman–Crippen LogP) is 5.33. The molecule has 110 valence electrons. The third-order valence-electron chi connectivity index (χ3n) is 1.91. The van der Waals surface area contributed by atoms with Crippen LogP contribution in [0.3, 0.4) is 0 Å². The number of hydrogen-bond acceptors (Lipinski definition) is 2. The lowest BCUT2D eigenvalue weighted by atomic mass is 10.3. The highest BCUT2D eigenvalue weighted by Gasteiger charge is 2.65. The predicted molar refractivity (Wildman–Crippen MR) is 72.5 cm³/mol. The largest absolute Gasteiger partial charge is 0.431 e. The lowest BCUT2D eigenvalue weighted by Crippen LogP contribution is -2.25. The van der Waals surface area contributed by atoms with Gasteiger partial charge in [0, 0.05) is 14.1 Å². The molecular formula is C9H9BrF5NOS2. The highest BCUT2D eigenvalue weighted by atomic mass is 79.9. The first-order chi connectivity index (χ1) is 8.20. The minimum atomic E-state index is -9.68. The fourth-order valence-electron chi connectivity index (χ4n) is 0.990. The first kappa shape index (κ1) is 16.4. The molecule has 0 aromatic heterocycles. The molecule has 1 aromatic carbocycles. The van der Waals surface area contributed by atoms with Gasteiger partial charge in [-0.1, -0.05) is 19.4 Å². The zero-order valence-corrected chi connectivity index (χ0v) is 12.9. The van der Waals surface area contributed by atoms with E-state index in [0.29, 0.717) is 0 Å². The van der Waals surface area contributed by atoms with Gasteiger partial charge in [0.2, 0.25) is 0 Å². The molecule has 1 aromatic rings. The van der Waals surface area contributed by atoms with Crippen LogP contribution in [0.4, 0.5) is 19.4 Å². The van der Waals surface area contributed by atoms with E-state index in [1.54, 1.807) is 14.1 Å². The minimum Gasteiger partial charge on any atom is -0.431 e. The molecule has 19 heavy (non-hydrogen) atoms. The average Bonchev–Trinajstić information content (AvgIpc) is 2.16. The standard InChI is InChI=1S/C9H9BrF5NOS2/c1-16(2)9(18)17-8-4-3-6(5-7(8)10)19(11,12,13,14)15/h3-5H,1-2H3. The molecule has 0 atom stereocenters. The van der Waals surface area contributed by atoms with E-state index in [1.807, 2.05) is 0 Å². The van der Waals surface area contributed by atoms with Crippen molar-refractivity contribution in [2.24, 2.45) is 0 Å². The van der Waals surface area contributed by atoms with Crippen molar-refractivity contribution in [3.63, 3.8) is 0 Å². The number of halogens is 6. The van der Waals surface area contributed by atoms with E-state index in [2.05, 4.69) is 15.9 Å². The van der Waals surface area contributed by atoms with Gasteiger partial charge in [-0.3, -0.25) is 0 Å². The molecule has 0 radical (unpaired) electrons. The molecule has 2 nitrogen and oxygen atoms in total. The van der Waals surface area contributed by atoms with Crippen LogP contribution >= 0.6 is 38.4 Å². The molecule has 0 saturated carbocycles. The van der Waals surface area contributed by atoms with E-state index in [1.165, 1.54) is 4.90 Å². The highest BCUT2D eigenvalue weighted by Crippen LogP contribution is 3.02. The molecule has 0 aliphatic heterocycles. The third-order valence-corrected chi connectivity index (χ3v) is 4.12. The molecule has 0 fully saturated rings. The molecular weight excluding hydrogens is 377 g/mol. The Morgan fingerprint density at radius 2 is 1.74 bits per heavy atom. The Kier molecular flexibility index (Phi) is 3.63. The number of ether oxygens (including phenoxy) is 1. The summed E-state index contributed by atoms with van der Waals surface area (Å²) in [5, 5.41) is -0.0132. The molecule has 0 heterocycles. The molecule has 0 spiro atoms. The number of hydrogen-bond donors (Lipinski definition) is 0. The maximum atomic E-state index is 12.6. The van der Waals surface area contributed by atoms with Crippen LogP contribution in [0.25, 0.3) is 0 Å². The second-order valence-corrected chi connectivity index (χ2v) is 7.44. The first-order valence-electron chi connectivity index (χ1n) is 4.63. The second-order valence-electron chi connectivity index (χ2n) is 3.82. The Morgan fingerprint density at radius 3 is 2.11 bits per heavy atom. The van der Waals surface area contributed by atoms with Gasteiger partial charge in [-0.15, -0.1) is 0 Å². The zero-order valence-electron chi connectivity index (χ0n) is 9.67. The van der Waals surface area contributed by atoms with Crippen LogP contribution in [-0.4, -0.2) is 24.2 Å². The normalized spacial score (nSPS) is 15.4. The smallest absolute Gasteiger partial charge is 0.310 e. The van der Waals surface area contributed by atoms with Crippen molar-refractivity contribution in [1.29, 1.82) is 0 Å². The molecule has 1 rings (SSSR count). The van der Waals surface area contributed by atoms with Crippen molar-refractivity contribution in [3.05, 3.63) is 22.7 Å². The summed E-state index contributed by atoms with van der Waals surface area (Å²) in [6.07, 6.45) is 0. The van der Waals surface area contributed by atoms with Gasteiger partial charge in [0.25, 0.3) is 5.17 Å². The SMILES string of the molecule is CN(C)C(=S)Oc1ccc(S(F)(F)(F)(F)F)cc1Br. The summed E-state index contributed by atoms with van der Waals surface area (Å²) in [6.45, 7) is 0. The lowest BCUT2D eigenvalue weighted by Gasteiger charge is -2.40. The van der Waals surface area contributed by atoms with E-state index in [9.17, 15) is 19.4 Å². The second kappa shape index (κ2) is 4.19. The number of rotatable bonds is 2. The van der Waals surface area contributed by atoms with Crippen molar-refractivity contribution in [3.8, 4) is 5.75 Å². The maximum Gasteiger partial charge on any atom is 0.310 e. The van der Waals surface area contributed by atoms with E-state index in [-0.39, 0.29) is 27.5 Å². The summed E-state index contributed by atoms with van der Waals surface area (Å²) in [7, 11) is -6.55. The summed E-state index contributed by atoms with van der Waals surface area (Å²) >= 11 is 7.54. The monoisotopic (exact) mass is 385 g/mol. The fraction of sp³-hybridized carbons (Fsp3) is 0.222. The Morgan fingerprint density at radius 1 is 1.21 bits per heavy atom. The summed E-state index contributed by atoms with van der Waals surface area (Å²) < 4.78 is 67.6. The number of thiocarbonyl (C=S) groups is 1. The Balaban J connectivity index is 3.17. The van der Waals surface area contributed by atoms with Crippen LogP contribution in [0.2, 0.25) is 0 Å². The van der Waals surface area contributed by atoms with Crippen LogP contribution in [0.15, 0.2) is 27.6 Å². The summed E-state index contributed by atoms with van der Waals surface area (Å²) in [6, 6.07) is 1.32. The van der Waals surface area contributed by atoms with Crippen molar-refractivity contribution < 1.29 is 24.2 Å². The molecule has 10 heteroatoms. The molecule has 0 amide bonds. The molecule has 0 bridgehead atoms. The van der Waals surface area contributed by atoms with Gasteiger partial charge in [0.05, 0.1) is 4.47 Å². The lowest BCUT2D eigenvalue weighted by molar-refractivity contribution is 0.363. The van der Waals surface area contributed by atoms with Crippen LogP contribution in [0.5, 0.6) is 5.75 Å². The maximum absolute atomic E-state index is 12.6. The van der Waals surface area contributed by atoms with Gasteiger partial charge in [0.1, 0.15) is 10.6 Å². The van der Waals surface area contributed by atoms with E-state index < -0.39 is 15.1 Å². The van der Waals surface area contributed by atoms with Gasteiger partial charge >= 0.3 is 10.2 Å². The number of nitrogens with zero attached hydrogens (tertiary/aromatic N) is 1. The molecule has 0 aliphatic carbocycles. The van der Waals surface area contributed by atoms with Crippen molar-refractivity contribution in [2.75, 3.05) is 14.1 Å². The van der Waals surface area contributed by atoms with Crippen molar-refractivity contribution >= 4 is 43.5 Å². The minimum absolute atomic E-state index is 0.0132.